The lowest BCUT2D eigenvalue weighted by atomic mass is 10.1. The van der Waals surface area contributed by atoms with Crippen molar-refractivity contribution in [1.29, 1.82) is 0 Å². The summed E-state index contributed by atoms with van der Waals surface area (Å²) in [4.78, 5) is 28.8. The Morgan fingerprint density at radius 1 is 1.19 bits per heavy atom. The molecule has 2 aromatic carbocycles. The number of nitrogens with zero attached hydrogens (tertiary/aromatic N) is 2. The van der Waals surface area contributed by atoms with Crippen molar-refractivity contribution in [3.63, 3.8) is 0 Å². The summed E-state index contributed by atoms with van der Waals surface area (Å²) < 4.78 is 5.64. The van der Waals surface area contributed by atoms with E-state index in [4.69, 9.17) is 16.3 Å². The smallest absolute Gasteiger partial charge is 0.265 e. The summed E-state index contributed by atoms with van der Waals surface area (Å²) in [6, 6.07) is 11.8. The molecule has 2 heterocycles. The molecule has 1 unspecified atom stereocenters. The minimum absolute atomic E-state index is 0.0453. The SMILES string of the molecule is CC(C)NC(=O)c1ccc(N2CCN(Cc3cc(Cl)c4c(c3)NC(=O)C(C)O4)CC2)cc1. The van der Waals surface area contributed by atoms with Crippen molar-refractivity contribution in [3.8, 4) is 5.75 Å². The van der Waals surface area contributed by atoms with Gasteiger partial charge in [0, 0.05) is 50.0 Å². The largest absolute Gasteiger partial charge is 0.477 e. The van der Waals surface area contributed by atoms with E-state index >= 15 is 0 Å². The second kappa shape index (κ2) is 9.38. The minimum Gasteiger partial charge on any atom is -0.477 e. The molecule has 0 aromatic heterocycles. The van der Waals surface area contributed by atoms with Crippen LogP contribution >= 0.6 is 11.6 Å². The van der Waals surface area contributed by atoms with Gasteiger partial charge in [-0.1, -0.05) is 11.6 Å². The predicted octanol–water partition coefficient (Wildman–Crippen LogP) is 3.52. The lowest BCUT2D eigenvalue weighted by molar-refractivity contribution is -0.122. The molecule has 0 saturated carbocycles. The van der Waals surface area contributed by atoms with Gasteiger partial charge in [-0.15, -0.1) is 0 Å². The molecule has 4 rings (SSSR count). The first-order chi connectivity index (χ1) is 15.3. The van der Waals surface area contributed by atoms with Crippen LogP contribution in [-0.2, 0) is 11.3 Å². The second-order valence-electron chi connectivity index (χ2n) is 8.64. The van der Waals surface area contributed by atoms with Gasteiger partial charge in [0.25, 0.3) is 11.8 Å². The van der Waals surface area contributed by atoms with E-state index < -0.39 is 6.10 Å². The molecule has 2 aliphatic rings. The van der Waals surface area contributed by atoms with Crippen molar-refractivity contribution in [2.24, 2.45) is 0 Å². The molecule has 8 heteroatoms. The van der Waals surface area contributed by atoms with Crippen LogP contribution in [0.1, 0.15) is 36.7 Å². The van der Waals surface area contributed by atoms with Crippen molar-refractivity contribution < 1.29 is 14.3 Å². The standard InChI is InChI=1S/C24H29ClN4O3/c1-15(2)26-24(31)18-4-6-19(7-5-18)29-10-8-28(9-11-29)14-17-12-20(25)22-21(13-17)27-23(30)16(3)32-22/h4-7,12-13,15-16H,8-11,14H2,1-3H3,(H,26,31)(H,27,30). The third kappa shape index (κ3) is 5.00. The average Bonchev–Trinajstić information content (AvgIpc) is 2.75. The number of hydrogen-bond acceptors (Lipinski definition) is 5. The highest BCUT2D eigenvalue weighted by molar-refractivity contribution is 6.33. The van der Waals surface area contributed by atoms with Gasteiger partial charge in [0.1, 0.15) is 0 Å². The van der Waals surface area contributed by atoms with Crippen molar-refractivity contribution in [1.82, 2.24) is 10.2 Å². The van der Waals surface area contributed by atoms with Crippen molar-refractivity contribution in [3.05, 3.63) is 52.5 Å². The van der Waals surface area contributed by atoms with Crippen LogP contribution in [0.4, 0.5) is 11.4 Å². The van der Waals surface area contributed by atoms with Crippen molar-refractivity contribution >= 4 is 34.8 Å². The van der Waals surface area contributed by atoms with E-state index in [9.17, 15) is 9.59 Å². The first-order valence-corrected chi connectivity index (χ1v) is 11.4. The molecule has 2 aliphatic heterocycles. The summed E-state index contributed by atoms with van der Waals surface area (Å²) in [7, 11) is 0. The number of hydrogen-bond donors (Lipinski definition) is 2. The highest BCUT2D eigenvalue weighted by atomic mass is 35.5. The number of anilines is 2. The van der Waals surface area contributed by atoms with Gasteiger partial charge in [-0.3, -0.25) is 14.5 Å². The van der Waals surface area contributed by atoms with E-state index in [-0.39, 0.29) is 17.9 Å². The fourth-order valence-electron chi connectivity index (χ4n) is 4.01. The van der Waals surface area contributed by atoms with Gasteiger partial charge >= 0.3 is 0 Å². The van der Waals surface area contributed by atoms with Crippen LogP contribution in [0.2, 0.25) is 5.02 Å². The number of ether oxygens (including phenoxy) is 1. The lowest BCUT2D eigenvalue weighted by Crippen LogP contribution is -2.46. The Morgan fingerprint density at radius 2 is 1.88 bits per heavy atom. The van der Waals surface area contributed by atoms with Gasteiger partial charge in [0.05, 0.1) is 10.7 Å². The van der Waals surface area contributed by atoms with E-state index in [1.807, 2.05) is 50.2 Å². The summed E-state index contributed by atoms with van der Waals surface area (Å²) in [6.45, 7) is 9.97. The van der Waals surface area contributed by atoms with Gasteiger partial charge in [0.15, 0.2) is 11.9 Å². The molecule has 0 radical (unpaired) electrons. The maximum absolute atomic E-state index is 12.1. The monoisotopic (exact) mass is 456 g/mol. The Kier molecular flexibility index (Phi) is 6.58. The predicted molar refractivity (Wildman–Crippen MR) is 127 cm³/mol. The molecule has 170 valence electrons. The second-order valence-corrected chi connectivity index (χ2v) is 9.05. The summed E-state index contributed by atoms with van der Waals surface area (Å²) in [5.41, 5.74) is 3.48. The Morgan fingerprint density at radius 3 is 2.53 bits per heavy atom. The van der Waals surface area contributed by atoms with Gasteiger partial charge < -0.3 is 20.3 Å². The molecule has 0 spiro atoms. The zero-order valence-electron chi connectivity index (χ0n) is 18.7. The number of piperazine rings is 1. The van der Waals surface area contributed by atoms with Crippen molar-refractivity contribution in [2.75, 3.05) is 36.4 Å². The Bertz CT molecular complexity index is 1000. The number of carbonyl (C=O) groups excluding carboxylic acids is 2. The third-order valence-electron chi connectivity index (χ3n) is 5.72. The van der Waals surface area contributed by atoms with E-state index in [1.165, 1.54) is 0 Å². The molecule has 2 amide bonds. The fraction of sp³-hybridized carbons (Fsp3) is 0.417. The molecule has 2 aromatic rings. The number of rotatable bonds is 5. The van der Waals surface area contributed by atoms with Gasteiger partial charge in [-0.05, 0) is 62.7 Å². The summed E-state index contributed by atoms with van der Waals surface area (Å²) in [5.74, 6) is 0.334. The number of fused-ring (bicyclic) bond motifs is 1. The normalized spacial score (nSPS) is 18.7. The van der Waals surface area contributed by atoms with E-state index in [0.29, 0.717) is 22.0 Å². The zero-order valence-corrected chi connectivity index (χ0v) is 19.4. The van der Waals surface area contributed by atoms with Crippen molar-refractivity contribution in [2.45, 2.75) is 39.5 Å². The molecule has 1 atom stereocenters. The van der Waals surface area contributed by atoms with E-state index in [2.05, 4.69) is 20.4 Å². The first kappa shape index (κ1) is 22.4. The maximum Gasteiger partial charge on any atom is 0.265 e. The highest BCUT2D eigenvalue weighted by Gasteiger charge is 2.26. The van der Waals surface area contributed by atoms with Crippen LogP contribution in [0.25, 0.3) is 0 Å². The zero-order chi connectivity index (χ0) is 22.8. The topological polar surface area (TPSA) is 73.9 Å². The number of halogens is 1. The number of amides is 2. The average molecular weight is 457 g/mol. The molecular formula is C24H29ClN4O3. The highest BCUT2D eigenvalue weighted by Crippen LogP contribution is 2.38. The fourth-order valence-corrected chi connectivity index (χ4v) is 4.30. The molecule has 0 aliphatic carbocycles. The molecule has 7 nitrogen and oxygen atoms in total. The van der Waals surface area contributed by atoms with Crippen LogP contribution in [0.15, 0.2) is 36.4 Å². The first-order valence-electron chi connectivity index (χ1n) is 11.0. The molecule has 2 N–H and O–H groups in total. The molecule has 1 saturated heterocycles. The van der Waals surface area contributed by atoms with Crippen LogP contribution in [0, 0.1) is 0 Å². The quantitative estimate of drug-likeness (QED) is 0.720. The van der Waals surface area contributed by atoms with Gasteiger partial charge in [0.2, 0.25) is 0 Å². The lowest BCUT2D eigenvalue weighted by Gasteiger charge is -2.36. The van der Waals surface area contributed by atoms with E-state index in [0.717, 1.165) is 44.0 Å². The third-order valence-corrected chi connectivity index (χ3v) is 6.00. The Hall–Kier alpha value is -2.77. The molecule has 32 heavy (non-hydrogen) atoms. The maximum atomic E-state index is 12.1. The summed E-state index contributed by atoms with van der Waals surface area (Å²) in [5, 5.41) is 6.31. The van der Waals surface area contributed by atoms with Crippen LogP contribution in [0.5, 0.6) is 5.75 Å². The van der Waals surface area contributed by atoms with Crippen LogP contribution < -0.4 is 20.3 Å². The van der Waals surface area contributed by atoms with Crippen LogP contribution in [0.3, 0.4) is 0 Å². The van der Waals surface area contributed by atoms with E-state index in [1.54, 1.807) is 6.92 Å². The number of carbonyl (C=O) groups is 2. The Balaban J connectivity index is 1.35. The summed E-state index contributed by atoms with van der Waals surface area (Å²) in [6.07, 6.45) is -0.544. The molecular weight excluding hydrogens is 428 g/mol. The molecule has 0 bridgehead atoms. The number of benzene rings is 2. The minimum atomic E-state index is -0.544. The number of nitrogens with one attached hydrogen (secondary N) is 2. The molecule has 1 fully saturated rings. The van der Waals surface area contributed by atoms with Gasteiger partial charge in [-0.25, -0.2) is 0 Å². The Labute approximate surface area is 193 Å². The van der Waals surface area contributed by atoms with Gasteiger partial charge in [-0.2, -0.15) is 0 Å². The van der Waals surface area contributed by atoms with Crippen LogP contribution in [-0.4, -0.2) is 55.0 Å². The summed E-state index contributed by atoms with van der Waals surface area (Å²) >= 11 is 6.41.